The molecule has 0 bridgehead atoms. The Bertz CT molecular complexity index is 528. The van der Waals surface area contributed by atoms with Crippen LogP contribution in [0, 0.1) is 0 Å². The molecule has 110 valence electrons. The maximum Gasteiger partial charge on any atom is 0.221 e. The van der Waals surface area contributed by atoms with Gasteiger partial charge in [0.05, 0.1) is 0 Å². The van der Waals surface area contributed by atoms with Crippen molar-refractivity contribution >= 4 is 5.91 Å². The average Bonchev–Trinajstić information content (AvgIpc) is 2.54. The van der Waals surface area contributed by atoms with E-state index >= 15 is 0 Å². The largest absolute Gasteiger partial charge is 0.356 e. The molecule has 1 amide bonds. The van der Waals surface area contributed by atoms with Gasteiger partial charge in [0.2, 0.25) is 5.91 Å². The van der Waals surface area contributed by atoms with E-state index in [1.54, 1.807) is 6.20 Å². The van der Waals surface area contributed by atoms with Crippen molar-refractivity contribution in [3.8, 4) is 0 Å². The van der Waals surface area contributed by atoms with Crippen molar-refractivity contribution in [3.63, 3.8) is 0 Å². The normalized spacial score (nSPS) is 10.3. The lowest BCUT2D eigenvalue weighted by Gasteiger charge is -2.06. The van der Waals surface area contributed by atoms with Crippen LogP contribution in [0.4, 0.5) is 0 Å². The van der Waals surface area contributed by atoms with Crippen LogP contribution in [-0.2, 0) is 17.8 Å². The third-order valence-corrected chi connectivity index (χ3v) is 3.16. The predicted molar refractivity (Wildman–Crippen MR) is 83.7 cm³/mol. The Hall–Kier alpha value is -2.20. The smallest absolute Gasteiger partial charge is 0.221 e. The number of carbonyl (C=O) groups excluding carboxylic acids is 1. The van der Waals surface area contributed by atoms with Gasteiger partial charge in [-0.1, -0.05) is 36.4 Å². The average molecular weight is 283 g/mol. The Morgan fingerprint density at radius 3 is 2.57 bits per heavy atom. The van der Waals surface area contributed by atoms with Crippen LogP contribution in [0.15, 0.2) is 54.9 Å². The van der Waals surface area contributed by atoms with Crippen LogP contribution in [0.5, 0.6) is 0 Å². The van der Waals surface area contributed by atoms with E-state index < -0.39 is 0 Å². The Labute approximate surface area is 125 Å². The van der Waals surface area contributed by atoms with Crippen molar-refractivity contribution in [1.29, 1.82) is 0 Å². The van der Waals surface area contributed by atoms with Crippen molar-refractivity contribution in [2.24, 2.45) is 0 Å². The number of rotatable bonds is 8. The lowest BCUT2D eigenvalue weighted by Crippen LogP contribution is -2.29. The second kappa shape index (κ2) is 8.87. The second-order valence-electron chi connectivity index (χ2n) is 4.87. The fourth-order valence-corrected chi connectivity index (χ4v) is 2.02. The first-order chi connectivity index (χ1) is 10.3. The molecule has 0 aliphatic carbocycles. The minimum Gasteiger partial charge on any atom is -0.356 e. The lowest BCUT2D eigenvalue weighted by molar-refractivity contribution is -0.120. The summed E-state index contributed by atoms with van der Waals surface area (Å²) in [5.41, 5.74) is 2.37. The topological polar surface area (TPSA) is 54.0 Å². The highest BCUT2D eigenvalue weighted by atomic mass is 16.1. The van der Waals surface area contributed by atoms with Gasteiger partial charge in [-0.2, -0.15) is 0 Å². The maximum absolute atomic E-state index is 11.7. The standard InChI is InChI=1S/C17H21N3O/c21-17(20-12-8-15-5-2-1-3-6-15)9-11-19-14-16-7-4-10-18-13-16/h1-7,10,13,19H,8-9,11-12,14H2,(H,20,21). The minimum absolute atomic E-state index is 0.0876. The van der Waals surface area contributed by atoms with Crippen LogP contribution >= 0.6 is 0 Å². The number of nitrogens with zero attached hydrogens (tertiary/aromatic N) is 1. The van der Waals surface area contributed by atoms with Crippen molar-refractivity contribution in [1.82, 2.24) is 15.6 Å². The molecule has 0 aliphatic heterocycles. The van der Waals surface area contributed by atoms with Gasteiger partial charge in [-0.05, 0) is 23.6 Å². The summed E-state index contributed by atoms with van der Waals surface area (Å²) >= 11 is 0. The predicted octanol–water partition coefficient (Wildman–Crippen LogP) is 1.92. The molecule has 0 fully saturated rings. The first kappa shape index (κ1) is 15.2. The van der Waals surface area contributed by atoms with Gasteiger partial charge < -0.3 is 10.6 Å². The SMILES string of the molecule is O=C(CCNCc1cccnc1)NCCc1ccccc1. The molecule has 1 aromatic carbocycles. The molecule has 0 saturated heterocycles. The van der Waals surface area contributed by atoms with Crippen molar-refractivity contribution in [2.75, 3.05) is 13.1 Å². The van der Waals surface area contributed by atoms with Crippen molar-refractivity contribution < 1.29 is 4.79 Å². The van der Waals surface area contributed by atoms with Gasteiger partial charge in [-0.3, -0.25) is 9.78 Å². The Balaban J connectivity index is 1.54. The zero-order chi connectivity index (χ0) is 14.8. The van der Waals surface area contributed by atoms with Gasteiger partial charge >= 0.3 is 0 Å². The molecule has 4 nitrogen and oxygen atoms in total. The number of nitrogens with one attached hydrogen (secondary N) is 2. The van der Waals surface area contributed by atoms with Gasteiger partial charge in [0.15, 0.2) is 0 Å². The summed E-state index contributed by atoms with van der Waals surface area (Å²) in [7, 11) is 0. The molecule has 0 atom stereocenters. The third-order valence-electron chi connectivity index (χ3n) is 3.16. The van der Waals surface area contributed by atoms with E-state index in [4.69, 9.17) is 0 Å². The van der Waals surface area contributed by atoms with Crippen LogP contribution in [0.2, 0.25) is 0 Å². The van der Waals surface area contributed by atoms with E-state index in [0.29, 0.717) is 19.5 Å². The number of pyridine rings is 1. The summed E-state index contributed by atoms with van der Waals surface area (Å²) in [4.78, 5) is 15.7. The summed E-state index contributed by atoms with van der Waals surface area (Å²) in [5, 5.41) is 6.18. The molecule has 0 aliphatic rings. The molecule has 0 radical (unpaired) electrons. The first-order valence-electron chi connectivity index (χ1n) is 7.25. The summed E-state index contributed by atoms with van der Waals surface area (Å²) in [5.74, 6) is 0.0876. The van der Waals surface area contributed by atoms with Crippen molar-refractivity contribution in [3.05, 3.63) is 66.0 Å². The number of aromatic nitrogens is 1. The maximum atomic E-state index is 11.7. The van der Waals surface area contributed by atoms with Gasteiger partial charge in [-0.25, -0.2) is 0 Å². The first-order valence-corrected chi connectivity index (χ1v) is 7.25. The monoisotopic (exact) mass is 283 g/mol. The zero-order valence-electron chi connectivity index (χ0n) is 12.1. The number of carbonyl (C=O) groups is 1. The number of benzene rings is 1. The van der Waals surface area contributed by atoms with E-state index in [-0.39, 0.29) is 5.91 Å². The molecular weight excluding hydrogens is 262 g/mol. The number of amides is 1. The second-order valence-corrected chi connectivity index (χ2v) is 4.87. The fourth-order valence-electron chi connectivity index (χ4n) is 2.02. The fraction of sp³-hybridized carbons (Fsp3) is 0.294. The van der Waals surface area contributed by atoms with Gasteiger partial charge in [0, 0.05) is 38.4 Å². The van der Waals surface area contributed by atoms with Gasteiger partial charge in [0.1, 0.15) is 0 Å². The summed E-state index contributed by atoms with van der Waals surface area (Å²) in [6, 6.07) is 14.1. The molecule has 0 unspecified atom stereocenters. The summed E-state index contributed by atoms with van der Waals surface area (Å²) < 4.78 is 0. The Morgan fingerprint density at radius 2 is 1.81 bits per heavy atom. The van der Waals surface area contributed by atoms with E-state index in [1.807, 2.05) is 36.5 Å². The highest BCUT2D eigenvalue weighted by Crippen LogP contribution is 1.98. The van der Waals surface area contributed by atoms with Crippen LogP contribution in [0.3, 0.4) is 0 Å². The van der Waals surface area contributed by atoms with Crippen molar-refractivity contribution in [2.45, 2.75) is 19.4 Å². The minimum atomic E-state index is 0.0876. The zero-order valence-corrected chi connectivity index (χ0v) is 12.1. The lowest BCUT2D eigenvalue weighted by atomic mass is 10.1. The van der Waals surface area contributed by atoms with E-state index in [2.05, 4.69) is 27.8 Å². The molecule has 2 aromatic rings. The van der Waals surface area contributed by atoms with Crippen LogP contribution in [0.1, 0.15) is 17.5 Å². The number of hydrogen-bond donors (Lipinski definition) is 2. The molecule has 1 aromatic heterocycles. The summed E-state index contributed by atoms with van der Waals surface area (Å²) in [6.45, 7) is 2.10. The molecule has 0 saturated carbocycles. The van der Waals surface area contributed by atoms with E-state index in [1.165, 1.54) is 5.56 Å². The third kappa shape index (κ3) is 6.19. The molecular formula is C17H21N3O. The summed E-state index contributed by atoms with van der Waals surface area (Å²) in [6.07, 6.45) is 4.95. The van der Waals surface area contributed by atoms with Crippen LogP contribution in [-0.4, -0.2) is 24.0 Å². The number of hydrogen-bond acceptors (Lipinski definition) is 3. The Kier molecular flexibility index (Phi) is 6.42. The molecule has 21 heavy (non-hydrogen) atoms. The van der Waals surface area contributed by atoms with Gasteiger partial charge in [-0.15, -0.1) is 0 Å². The molecule has 2 N–H and O–H groups in total. The highest BCUT2D eigenvalue weighted by Gasteiger charge is 2.00. The Morgan fingerprint density at radius 1 is 1.00 bits per heavy atom. The quantitative estimate of drug-likeness (QED) is 0.728. The van der Waals surface area contributed by atoms with E-state index in [0.717, 1.165) is 18.5 Å². The van der Waals surface area contributed by atoms with Crippen LogP contribution < -0.4 is 10.6 Å². The highest BCUT2D eigenvalue weighted by molar-refractivity contribution is 5.76. The van der Waals surface area contributed by atoms with E-state index in [9.17, 15) is 4.79 Å². The molecule has 0 spiro atoms. The molecule has 1 heterocycles. The van der Waals surface area contributed by atoms with Crippen LogP contribution in [0.25, 0.3) is 0 Å². The molecule has 2 rings (SSSR count). The van der Waals surface area contributed by atoms with Gasteiger partial charge in [0.25, 0.3) is 0 Å². The molecule has 4 heteroatoms.